The molecule has 1 N–H and O–H groups in total. The van der Waals surface area contributed by atoms with Crippen LogP contribution in [0.5, 0.6) is 5.75 Å². The number of phenols is 1. The summed E-state index contributed by atoms with van der Waals surface area (Å²) < 4.78 is 5.61. The second-order valence-corrected chi connectivity index (χ2v) is 13.4. The van der Waals surface area contributed by atoms with Gasteiger partial charge in [0.2, 0.25) is 0 Å². The minimum Gasteiger partial charge on any atom is -0.508 e. The largest absolute Gasteiger partial charge is 0.508 e. The van der Waals surface area contributed by atoms with Gasteiger partial charge in [0.15, 0.2) is 0 Å². The summed E-state index contributed by atoms with van der Waals surface area (Å²) in [5.74, 6) is 1.36. The van der Waals surface area contributed by atoms with Gasteiger partial charge in [-0.2, -0.15) is 0 Å². The maximum atomic E-state index is 12.6. The normalized spacial score (nSPS) is 18.9. The minimum absolute atomic E-state index is 0.0992. The highest BCUT2D eigenvalue weighted by atomic mass is 16.6. The number of hydrogen-bond acceptors (Lipinski definition) is 6. The van der Waals surface area contributed by atoms with Gasteiger partial charge >= 0.3 is 6.09 Å². The number of nitrogens with zero attached hydrogens (tertiary/aromatic N) is 4. The van der Waals surface area contributed by atoms with E-state index in [9.17, 15) is 9.90 Å². The first-order chi connectivity index (χ1) is 18.9. The summed E-state index contributed by atoms with van der Waals surface area (Å²) in [5, 5.41) is 12.3. The number of hydrogen-bond donors (Lipinski definition) is 1. The lowest BCUT2D eigenvalue weighted by Gasteiger charge is -2.47. The zero-order chi connectivity index (χ0) is 28.4. The first-order valence-electron chi connectivity index (χ1n) is 14.6. The Morgan fingerprint density at radius 1 is 1.10 bits per heavy atom. The maximum absolute atomic E-state index is 12.6. The molecule has 2 fully saturated rings. The van der Waals surface area contributed by atoms with Gasteiger partial charge in [0.25, 0.3) is 0 Å². The topological polar surface area (TPSA) is 69.1 Å². The lowest BCUT2D eigenvalue weighted by atomic mass is 9.79. The van der Waals surface area contributed by atoms with E-state index in [1.165, 1.54) is 27.9 Å². The molecule has 2 aromatic carbocycles. The van der Waals surface area contributed by atoms with Crippen LogP contribution in [0.25, 0.3) is 21.9 Å². The molecule has 2 saturated heterocycles. The zero-order valence-electron chi connectivity index (χ0n) is 24.8. The SMILES string of the molecule is Cc1c(N2CCC3(CN(C(=O)OC(C)(C)C)C3)C2)nc2c(c1-c1cccc3cc(O)ccc13)CCN(C(C)C)C2. The van der Waals surface area contributed by atoms with Gasteiger partial charge < -0.3 is 19.6 Å². The van der Waals surface area contributed by atoms with Gasteiger partial charge in [-0.3, -0.25) is 4.90 Å². The van der Waals surface area contributed by atoms with Gasteiger partial charge in [-0.05, 0) is 99.5 Å². The van der Waals surface area contributed by atoms with E-state index in [0.29, 0.717) is 6.04 Å². The van der Waals surface area contributed by atoms with Crippen molar-refractivity contribution in [3.8, 4) is 16.9 Å². The average Bonchev–Trinajstić information content (AvgIpc) is 3.31. The summed E-state index contributed by atoms with van der Waals surface area (Å²) in [5.41, 5.74) is 5.88. The van der Waals surface area contributed by atoms with E-state index in [1.54, 1.807) is 6.07 Å². The van der Waals surface area contributed by atoms with Crippen molar-refractivity contribution < 1.29 is 14.6 Å². The molecule has 0 radical (unpaired) electrons. The number of aromatic nitrogens is 1. The number of benzene rings is 2. The van der Waals surface area contributed by atoms with Crippen LogP contribution in [0.4, 0.5) is 10.6 Å². The molecular formula is C33H42N4O3. The van der Waals surface area contributed by atoms with E-state index in [0.717, 1.165) is 68.7 Å². The number of likely N-dealkylation sites (tertiary alicyclic amines) is 1. The van der Waals surface area contributed by atoms with Crippen LogP contribution in [0.15, 0.2) is 36.4 Å². The first kappa shape index (κ1) is 26.9. The van der Waals surface area contributed by atoms with Crippen molar-refractivity contribution in [1.29, 1.82) is 0 Å². The Balaban J connectivity index is 1.37. The summed E-state index contributed by atoms with van der Waals surface area (Å²) in [6.45, 7) is 17.7. The second-order valence-electron chi connectivity index (χ2n) is 13.4. The fraction of sp³-hybridized carbons (Fsp3) is 0.515. The Morgan fingerprint density at radius 2 is 1.88 bits per heavy atom. The number of pyridine rings is 1. The van der Waals surface area contributed by atoms with Crippen LogP contribution >= 0.6 is 0 Å². The third-order valence-electron chi connectivity index (χ3n) is 8.91. The zero-order valence-corrected chi connectivity index (χ0v) is 24.8. The predicted octanol–water partition coefficient (Wildman–Crippen LogP) is 6.13. The highest BCUT2D eigenvalue weighted by Gasteiger charge is 2.51. The van der Waals surface area contributed by atoms with Gasteiger partial charge in [-0.1, -0.05) is 24.3 Å². The smallest absolute Gasteiger partial charge is 0.410 e. The van der Waals surface area contributed by atoms with Crippen molar-refractivity contribution in [3.63, 3.8) is 0 Å². The molecule has 0 saturated carbocycles. The molecule has 0 bridgehead atoms. The number of rotatable bonds is 3. The number of phenolic OH excluding ortho intramolecular Hbond substituents is 1. The number of amides is 1. The summed E-state index contributed by atoms with van der Waals surface area (Å²) in [4.78, 5) is 24.8. The number of carbonyl (C=O) groups excluding carboxylic acids is 1. The number of aromatic hydroxyl groups is 1. The van der Waals surface area contributed by atoms with Gasteiger partial charge in [0.1, 0.15) is 17.2 Å². The molecule has 6 rings (SSSR count). The molecule has 3 aromatic rings. The predicted molar refractivity (Wildman–Crippen MR) is 160 cm³/mol. The van der Waals surface area contributed by atoms with Crippen molar-refractivity contribution in [1.82, 2.24) is 14.8 Å². The summed E-state index contributed by atoms with van der Waals surface area (Å²) in [7, 11) is 0. The summed E-state index contributed by atoms with van der Waals surface area (Å²) in [6, 6.07) is 12.5. The van der Waals surface area contributed by atoms with Gasteiger partial charge in [0.05, 0.1) is 5.69 Å². The third-order valence-corrected chi connectivity index (χ3v) is 8.91. The Bertz CT molecular complexity index is 1470. The highest BCUT2D eigenvalue weighted by molar-refractivity contribution is 5.99. The second kappa shape index (κ2) is 9.65. The Hall–Kier alpha value is -3.32. The number of carbonyl (C=O) groups is 1. The Kier molecular flexibility index (Phi) is 6.49. The molecule has 0 unspecified atom stereocenters. The molecular weight excluding hydrogens is 500 g/mol. The quantitative estimate of drug-likeness (QED) is 0.430. The first-order valence-corrected chi connectivity index (χ1v) is 14.6. The maximum Gasteiger partial charge on any atom is 0.410 e. The van der Waals surface area contributed by atoms with E-state index in [4.69, 9.17) is 9.72 Å². The molecule has 4 heterocycles. The number of anilines is 1. The monoisotopic (exact) mass is 542 g/mol. The fourth-order valence-corrected chi connectivity index (χ4v) is 6.88. The molecule has 7 nitrogen and oxygen atoms in total. The van der Waals surface area contributed by atoms with Crippen LogP contribution < -0.4 is 4.90 Å². The van der Waals surface area contributed by atoms with Crippen LogP contribution in [0.1, 0.15) is 57.9 Å². The molecule has 1 aromatic heterocycles. The van der Waals surface area contributed by atoms with Crippen molar-refractivity contribution in [3.05, 3.63) is 53.2 Å². The van der Waals surface area contributed by atoms with E-state index < -0.39 is 5.60 Å². The molecule has 3 aliphatic heterocycles. The Labute approximate surface area is 237 Å². The van der Waals surface area contributed by atoms with Crippen molar-refractivity contribution >= 4 is 22.7 Å². The lowest BCUT2D eigenvalue weighted by molar-refractivity contribution is -0.0266. The van der Waals surface area contributed by atoms with Crippen LogP contribution in [0.2, 0.25) is 0 Å². The number of fused-ring (bicyclic) bond motifs is 2. The molecule has 7 heteroatoms. The van der Waals surface area contributed by atoms with Crippen LogP contribution in [-0.4, -0.2) is 70.4 Å². The van der Waals surface area contributed by atoms with Crippen molar-refractivity contribution in [2.24, 2.45) is 5.41 Å². The van der Waals surface area contributed by atoms with Gasteiger partial charge in [-0.15, -0.1) is 0 Å². The van der Waals surface area contributed by atoms with E-state index >= 15 is 0 Å². The molecule has 212 valence electrons. The van der Waals surface area contributed by atoms with E-state index in [1.807, 2.05) is 37.8 Å². The van der Waals surface area contributed by atoms with E-state index in [2.05, 4.69) is 48.8 Å². The molecule has 40 heavy (non-hydrogen) atoms. The summed E-state index contributed by atoms with van der Waals surface area (Å²) >= 11 is 0. The molecule has 1 amide bonds. The number of ether oxygens (including phenoxy) is 1. The van der Waals surface area contributed by atoms with E-state index in [-0.39, 0.29) is 17.3 Å². The van der Waals surface area contributed by atoms with Gasteiger partial charge in [0, 0.05) is 50.7 Å². The highest BCUT2D eigenvalue weighted by Crippen LogP contribution is 2.45. The standard InChI is InChI=1S/C33H42N4O3/c1-21(2)35-14-12-27-28(17-35)34-30(22(3)29(27)26-9-7-8-23-16-24(38)10-11-25(23)26)36-15-13-33(18-36)19-37(20-33)31(39)40-32(4,5)6/h7-11,16,21,38H,12-15,17-20H2,1-6H3. The lowest BCUT2D eigenvalue weighted by Crippen LogP contribution is -2.60. The van der Waals surface area contributed by atoms with Gasteiger partial charge in [-0.25, -0.2) is 9.78 Å². The van der Waals surface area contributed by atoms with Crippen molar-refractivity contribution in [2.75, 3.05) is 37.6 Å². The van der Waals surface area contributed by atoms with Crippen LogP contribution in [0.3, 0.4) is 0 Å². The Morgan fingerprint density at radius 3 is 2.60 bits per heavy atom. The minimum atomic E-state index is -0.480. The third kappa shape index (κ3) is 4.78. The molecule has 0 atom stereocenters. The van der Waals surface area contributed by atoms with Crippen LogP contribution in [-0.2, 0) is 17.7 Å². The van der Waals surface area contributed by atoms with Crippen LogP contribution in [0, 0.1) is 12.3 Å². The fourth-order valence-electron chi connectivity index (χ4n) is 6.88. The van der Waals surface area contributed by atoms with Crippen molar-refractivity contribution in [2.45, 2.75) is 72.6 Å². The molecule has 3 aliphatic rings. The molecule has 1 spiro atoms. The molecule has 0 aliphatic carbocycles. The average molecular weight is 543 g/mol. The summed E-state index contributed by atoms with van der Waals surface area (Å²) in [6.07, 6.45) is 1.81.